The molecule has 3 atom stereocenters. The van der Waals surface area contributed by atoms with Crippen LogP contribution in [0.4, 0.5) is 11.4 Å². The van der Waals surface area contributed by atoms with Gasteiger partial charge in [0, 0.05) is 47.5 Å². The number of amides is 2. The first-order chi connectivity index (χ1) is 30.7. The van der Waals surface area contributed by atoms with Crippen LogP contribution in [0.1, 0.15) is 73.6 Å². The minimum Gasteiger partial charge on any atom is -0.491 e. The number of hydrogen-bond donors (Lipinski definition) is 3. The standard InChI is InChI=1S/C49H65ClN4O9/c1-4-5-46(51)39-10-17-44(18-11-39)63-33-32-62-31-30-61-29-28-60-27-26-59-25-24-58-23-22-57-21-20-52-49(56)40-8-6-38(7-9-40)41-12-19-48-45(35-41)47(34-36(2)54(48)37(3)55)53-43-15-13-42(50)14-16-43/h6-19,35-36,46-47,53H,4-5,20-34,51H2,1-3H3,(H,52,56)/t36-,46?,47?/m0/s1. The summed E-state index contributed by atoms with van der Waals surface area (Å²) in [4.78, 5) is 27.3. The molecule has 0 bridgehead atoms. The molecule has 2 amide bonds. The molecule has 1 heterocycles. The molecule has 0 saturated carbocycles. The maximum absolute atomic E-state index is 12.8. The first-order valence-electron chi connectivity index (χ1n) is 22.0. The number of nitrogens with one attached hydrogen (secondary N) is 2. The van der Waals surface area contributed by atoms with E-state index >= 15 is 0 Å². The topological polar surface area (TPSA) is 152 Å². The Morgan fingerprint density at radius 1 is 0.714 bits per heavy atom. The van der Waals surface area contributed by atoms with Gasteiger partial charge < -0.3 is 54.4 Å². The van der Waals surface area contributed by atoms with Crippen LogP contribution in [-0.2, 0) is 33.2 Å². The molecule has 0 aliphatic carbocycles. The van der Waals surface area contributed by atoms with Gasteiger partial charge in [0.15, 0.2) is 0 Å². The molecule has 4 N–H and O–H groups in total. The van der Waals surface area contributed by atoms with Crippen molar-refractivity contribution in [2.75, 3.05) is 103 Å². The van der Waals surface area contributed by atoms with E-state index in [4.69, 9.17) is 50.5 Å². The van der Waals surface area contributed by atoms with Crippen molar-refractivity contribution in [2.24, 2.45) is 5.73 Å². The minimum atomic E-state index is -0.173. The van der Waals surface area contributed by atoms with E-state index in [0.29, 0.717) is 103 Å². The number of fused-ring (bicyclic) bond motifs is 1. The smallest absolute Gasteiger partial charge is 0.251 e. The lowest BCUT2D eigenvalue weighted by molar-refractivity contribution is -0.117. The van der Waals surface area contributed by atoms with Crippen molar-refractivity contribution in [3.63, 3.8) is 0 Å². The number of anilines is 2. The van der Waals surface area contributed by atoms with E-state index in [1.807, 2.05) is 89.8 Å². The normalized spacial score (nSPS) is 15.2. The number of rotatable bonds is 29. The molecule has 4 aromatic carbocycles. The number of halogens is 1. The zero-order chi connectivity index (χ0) is 44.7. The number of benzene rings is 4. The zero-order valence-electron chi connectivity index (χ0n) is 37.0. The highest BCUT2D eigenvalue weighted by Crippen LogP contribution is 2.41. The Labute approximate surface area is 377 Å². The summed E-state index contributed by atoms with van der Waals surface area (Å²) >= 11 is 6.12. The molecule has 1 aliphatic rings. The maximum Gasteiger partial charge on any atom is 0.251 e. The summed E-state index contributed by atoms with van der Waals surface area (Å²) in [6.45, 7) is 12.2. The second-order valence-electron chi connectivity index (χ2n) is 15.3. The SMILES string of the molecule is CCCC(N)c1ccc(OCCOCCOCCOCCOCCOCCOCCNC(=O)c2ccc(-c3ccc4c(c3)C(Nc3ccc(Cl)cc3)C[C@H](C)N4C(C)=O)cc2)cc1. The molecule has 0 fully saturated rings. The highest BCUT2D eigenvalue weighted by Gasteiger charge is 2.32. The molecule has 2 unspecified atom stereocenters. The van der Waals surface area contributed by atoms with Crippen LogP contribution in [0, 0.1) is 0 Å². The molecule has 0 saturated heterocycles. The van der Waals surface area contributed by atoms with Gasteiger partial charge in [0.25, 0.3) is 5.91 Å². The number of carbonyl (C=O) groups excluding carboxylic acids is 2. The van der Waals surface area contributed by atoms with Crippen molar-refractivity contribution in [3.05, 3.63) is 113 Å². The van der Waals surface area contributed by atoms with Gasteiger partial charge >= 0.3 is 0 Å². The van der Waals surface area contributed by atoms with Gasteiger partial charge in [-0.2, -0.15) is 0 Å². The van der Waals surface area contributed by atoms with Gasteiger partial charge in [-0.1, -0.05) is 55.3 Å². The quantitative estimate of drug-likeness (QED) is 0.0455. The Kier molecular flexibility index (Phi) is 21.6. The second-order valence-corrected chi connectivity index (χ2v) is 15.7. The van der Waals surface area contributed by atoms with Gasteiger partial charge in [-0.3, -0.25) is 9.59 Å². The fourth-order valence-electron chi connectivity index (χ4n) is 7.27. The molecular formula is C49H65ClN4O9. The molecule has 0 aromatic heterocycles. The zero-order valence-corrected chi connectivity index (χ0v) is 37.7. The largest absolute Gasteiger partial charge is 0.491 e. The fourth-order valence-corrected chi connectivity index (χ4v) is 7.40. The van der Waals surface area contributed by atoms with Crippen LogP contribution in [0.5, 0.6) is 5.75 Å². The predicted molar refractivity (Wildman–Crippen MR) is 248 cm³/mol. The highest BCUT2D eigenvalue weighted by molar-refractivity contribution is 6.30. The Morgan fingerprint density at radius 2 is 1.25 bits per heavy atom. The van der Waals surface area contributed by atoms with E-state index in [1.165, 1.54) is 0 Å². The summed E-state index contributed by atoms with van der Waals surface area (Å²) in [6.07, 6.45) is 2.78. The molecule has 5 rings (SSSR count). The van der Waals surface area contributed by atoms with Crippen molar-refractivity contribution < 1.29 is 42.7 Å². The van der Waals surface area contributed by atoms with Crippen LogP contribution in [0.15, 0.2) is 91.0 Å². The minimum absolute atomic E-state index is 0.00441. The van der Waals surface area contributed by atoms with E-state index < -0.39 is 0 Å². The van der Waals surface area contributed by atoms with Crippen molar-refractivity contribution in [1.82, 2.24) is 5.32 Å². The average Bonchev–Trinajstić information content (AvgIpc) is 3.28. The van der Waals surface area contributed by atoms with Crippen LogP contribution < -0.4 is 26.0 Å². The molecule has 14 heteroatoms. The molecule has 4 aromatic rings. The Bertz CT molecular complexity index is 1940. The van der Waals surface area contributed by atoms with E-state index in [0.717, 1.165) is 58.6 Å². The summed E-state index contributed by atoms with van der Waals surface area (Å²) in [6, 6.07) is 29.4. The van der Waals surface area contributed by atoms with Gasteiger partial charge in [0.2, 0.25) is 5.91 Å². The number of nitrogens with two attached hydrogens (primary N) is 1. The van der Waals surface area contributed by atoms with E-state index in [-0.39, 0.29) is 29.9 Å². The Morgan fingerprint density at radius 3 is 1.81 bits per heavy atom. The van der Waals surface area contributed by atoms with Crippen molar-refractivity contribution in [2.45, 2.75) is 58.2 Å². The van der Waals surface area contributed by atoms with Gasteiger partial charge in [-0.05, 0) is 103 Å². The highest BCUT2D eigenvalue weighted by atomic mass is 35.5. The summed E-state index contributed by atoms with van der Waals surface area (Å²) in [5.74, 6) is 0.645. The monoisotopic (exact) mass is 888 g/mol. The third-order valence-corrected chi connectivity index (χ3v) is 10.7. The first-order valence-corrected chi connectivity index (χ1v) is 22.4. The number of ether oxygens (including phenoxy) is 7. The summed E-state index contributed by atoms with van der Waals surface area (Å²) < 4.78 is 39.1. The summed E-state index contributed by atoms with van der Waals surface area (Å²) in [5, 5.41) is 7.22. The second kappa shape index (κ2) is 27.6. The summed E-state index contributed by atoms with van der Waals surface area (Å²) in [5.41, 5.74) is 12.7. The van der Waals surface area contributed by atoms with Gasteiger partial charge in [0.05, 0.1) is 85.3 Å². The molecule has 0 radical (unpaired) electrons. The predicted octanol–water partition coefficient (Wildman–Crippen LogP) is 8.01. The summed E-state index contributed by atoms with van der Waals surface area (Å²) in [7, 11) is 0. The third-order valence-electron chi connectivity index (χ3n) is 10.5. The molecule has 1 aliphatic heterocycles. The van der Waals surface area contributed by atoms with Crippen molar-refractivity contribution in [3.8, 4) is 16.9 Å². The van der Waals surface area contributed by atoms with Crippen LogP contribution in [0.3, 0.4) is 0 Å². The lowest BCUT2D eigenvalue weighted by atomic mass is 9.88. The number of carbonyl (C=O) groups is 2. The maximum atomic E-state index is 12.8. The lowest BCUT2D eigenvalue weighted by Gasteiger charge is -2.39. The fraction of sp³-hybridized carbons (Fsp3) is 0.469. The third kappa shape index (κ3) is 16.8. The van der Waals surface area contributed by atoms with E-state index in [9.17, 15) is 9.59 Å². The Balaban J connectivity index is 0.844. The Hall–Kier alpha value is -4.57. The van der Waals surface area contributed by atoms with Gasteiger partial charge in [-0.15, -0.1) is 0 Å². The lowest BCUT2D eigenvalue weighted by Crippen LogP contribution is -2.43. The number of nitrogens with zero attached hydrogens (tertiary/aromatic N) is 1. The van der Waals surface area contributed by atoms with E-state index in [2.05, 4.69) is 30.5 Å². The number of hydrogen-bond acceptors (Lipinski definition) is 11. The van der Waals surface area contributed by atoms with Gasteiger partial charge in [0.1, 0.15) is 12.4 Å². The van der Waals surface area contributed by atoms with Crippen LogP contribution in [-0.4, -0.2) is 110 Å². The van der Waals surface area contributed by atoms with Crippen LogP contribution in [0.25, 0.3) is 11.1 Å². The van der Waals surface area contributed by atoms with Gasteiger partial charge in [-0.25, -0.2) is 0 Å². The van der Waals surface area contributed by atoms with Crippen molar-refractivity contribution in [1.29, 1.82) is 0 Å². The average molecular weight is 890 g/mol. The molecular weight excluding hydrogens is 824 g/mol. The molecule has 342 valence electrons. The van der Waals surface area contributed by atoms with E-state index in [1.54, 1.807) is 6.92 Å². The molecule has 0 spiro atoms. The molecule has 13 nitrogen and oxygen atoms in total. The first kappa shape index (κ1) is 49.4. The van der Waals surface area contributed by atoms with Crippen LogP contribution >= 0.6 is 11.6 Å². The van der Waals surface area contributed by atoms with Crippen molar-refractivity contribution >= 4 is 34.8 Å². The van der Waals surface area contributed by atoms with Crippen LogP contribution in [0.2, 0.25) is 5.02 Å². The molecule has 63 heavy (non-hydrogen) atoms.